The molecule has 0 fully saturated rings. The summed E-state index contributed by atoms with van der Waals surface area (Å²) in [5.74, 6) is -1.05. The lowest BCUT2D eigenvalue weighted by molar-refractivity contribution is -0.125. The molecule has 1 aromatic carbocycles. The van der Waals surface area contributed by atoms with Crippen LogP contribution < -0.4 is 5.73 Å². The standard InChI is InChI=1S/C10H13FN2O2S/c1-13(2)10(14)6-16(15)7-3-4-9(12)8(11)5-7/h3-5H,6,12H2,1-2H3. The number of amides is 1. The number of rotatable bonds is 3. The Balaban J connectivity index is 2.81. The number of nitrogen functional groups attached to an aromatic ring is 1. The van der Waals surface area contributed by atoms with Crippen molar-refractivity contribution in [1.29, 1.82) is 0 Å². The third kappa shape index (κ3) is 3.03. The summed E-state index contributed by atoms with van der Waals surface area (Å²) in [7, 11) is 1.61. The maximum atomic E-state index is 13.1. The molecular weight excluding hydrogens is 231 g/mol. The molecule has 0 saturated carbocycles. The van der Waals surface area contributed by atoms with Crippen LogP contribution in [0, 0.1) is 5.82 Å². The second-order valence-electron chi connectivity index (χ2n) is 3.46. The van der Waals surface area contributed by atoms with Gasteiger partial charge in [0.2, 0.25) is 5.91 Å². The van der Waals surface area contributed by atoms with Crippen LogP contribution in [0.2, 0.25) is 0 Å². The average Bonchev–Trinajstić information content (AvgIpc) is 2.21. The average molecular weight is 244 g/mol. The van der Waals surface area contributed by atoms with Crippen LogP contribution in [-0.2, 0) is 15.6 Å². The molecule has 2 N–H and O–H groups in total. The summed E-state index contributed by atoms with van der Waals surface area (Å²) in [5, 5.41) is 0. The molecule has 0 aromatic heterocycles. The Labute approximate surface area is 95.7 Å². The van der Waals surface area contributed by atoms with Crippen LogP contribution in [-0.4, -0.2) is 34.9 Å². The maximum absolute atomic E-state index is 13.1. The van der Waals surface area contributed by atoms with Crippen molar-refractivity contribution in [2.45, 2.75) is 4.90 Å². The summed E-state index contributed by atoms with van der Waals surface area (Å²) < 4.78 is 24.8. The van der Waals surface area contributed by atoms with Crippen LogP contribution in [0.5, 0.6) is 0 Å². The number of anilines is 1. The molecular formula is C10H13FN2O2S. The topological polar surface area (TPSA) is 63.4 Å². The van der Waals surface area contributed by atoms with Gasteiger partial charge in [-0.15, -0.1) is 0 Å². The van der Waals surface area contributed by atoms with Crippen molar-refractivity contribution in [2.24, 2.45) is 0 Å². The van der Waals surface area contributed by atoms with Gasteiger partial charge in [-0.05, 0) is 18.2 Å². The van der Waals surface area contributed by atoms with Gasteiger partial charge in [0.05, 0.1) is 16.5 Å². The molecule has 0 radical (unpaired) electrons. The molecule has 0 heterocycles. The number of hydrogen-bond donors (Lipinski definition) is 1. The zero-order valence-electron chi connectivity index (χ0n) is 9.07. The molecule has 1 aromatic rings. The molecule has 0 bridgehead atoms. The number of benzene rings is 1. The van der Waals surface area contributed by atoms with E-state index in [4.69, 9.17) is 5.73 Å². The summed E-state index contributed by atoms with van der Waals surface area (Å²) in [6.07, 6.45) is 0. The number of carbonyl (C=O) groups is 1. The van der Waals surface area contributed by atoms with Crippen LogP contribution in [0.1, 0.15) is 0 Å². The molecule has 0 aliphatic rings. The minimum absolute atomic E-state index is 0.000291. The fourth-order valence-electron chi connectivity index (χ4n) is 0.974. The van der Waals surface area contributed by atoms with Crippen LogP contribution in [0.15, 0.2) is 23.1 Å². The molecule has 0 spiro atoms. The lowest BCUT2D eigenvalue weighted by Gasteiger charge is -2.09. The highest BCUT2D eigenvalue weighted by Crippen LogP contribution is 2.15. The lowest BCUT2D eigenvalue weighted by atomic mass is 10.3. The van der Waals surface area contributed by atoms with Crippen LogP contribution in [0.25, 0.3) is 0 Å². The van der Waals surface area contributed by atoms with Crippen LogP contribution in [0.4, 0.5) is 10.1 Å². The van der Waals surface area contributed by atoms with E-state index in [0.717, 1.165) is 6.07 Å². The zero-order chi connectivity index (χ0) is 12.3. The van der Waals surface area contributed by atoms with Gasteiger partial charge in [0.15, 0.2) is 0 Å². The van der Waals surface area contributed by atoms with Gasteiger partial charge in [0.25, 0.3) is 0 Å². The van der Waals surface area contributed by atoms with Gasteiger partial charge in [-0.25, -0.2) is 4.39 Å². The number of nitrogens with zero attached hydrogens (tertiary/aromatic N) is 1. The van der Waals surface area contributed by atoms with Crippen molar-refractivity contribution in [1.82, 2.24) is 4.90 Å². The van der Waals surface area contributed by atoms with Crippen LogP contribution in [0.3, 0.4) is 0 Å². The van der Waals surface area contributed by atoms with Gasteiger partial charge in [-0.1, -0.05) is 0 Å². The fraction of sp³-hybridized carbons (Fsp3) is 0.300. The first-order valence-electron chi connectivity index (χ1n) is 4.55. The molecule has 1 amide bonds. The highest BCUT2D eigenvalue weighted by molar-refractivity contribution is 7.85. The molecule has 88 valence electrons. The smallest absolute Gasteiger partial charge is 0.235 e. The quantitative estimate of drug-likeness (QED) is 0.792. The minimum Gasteiger partial charge on any atom is -0.396 e. The lowest BCUT2D eigenvalue weighted by Crippen LogP contribution is -2.27. The van der Waals surface area contributed by atoms with E-state index in [1.54, 1.807) is 14.1 Å². The summed E-state index contributed by atoms with van der Waals surface area (Å²) in [5.41, 5.74) is 5.29. The Morgan fingerprint density at radius 1 is 1.50 bits per heavy atom. The molecule has 16 heavy (non-hydrogen) atoms. The zero-order valence-corrected chi connectivity index (χ0v) is 9.88. The molecule has 1 unspecified atom stereocenters. The molecule has 0 saturated heterocycles. The third-order valence-corrected chi connectivity index (χ3v) is 3.28. The summed E-state index contributed by atoms with van der Waals surface area (Å²) in [4.78, 5) is 12.9. The highest BCUT2D eigenvalue weighted by atomic mass is 32.2. The number of carbonyl (C=O) groups excluding carboxylic acids is 1. The van der Waals surface area contributed by atoms with E-state index in [0.29, 0.717) is 0 Å². The van der Waals surface area contributed by atoms with E-state index in [9.17, 15) is 13.4 Å². The number of nitrogens with two attached hydrogens (primary N) is 1. The van der Waals surface area contributed by atoms with E-state index in [-0.39, 0.29) is 22.2 Å². The second-order valence-corrected chi connectivity index (χ2v) is 4.91. The first-order chi connectivity index (χ1) is 7.41. The maximum Gasteiger partial charge on any atom is 0.235 e. The van der Waals surface area contributed by atoms with E-state index >= 15 is 0 Å². The van der Waals surface area contributed by atoms with Gasteiger partial charge in [0.1, 0.15) is 11.6 Å². The van der Waals surface area contributed by atoms with Crippen molar-refractivity contribution in [2.75, 3.05) is 25.6 Å². The Hall–Kier alpha value is -1.43. The van der Waals surface area contributed by atoms with Gasteiger partial charge in [0, 0.05) is 19.0 Å². The van der Waals surface area contributed by atoms with Gasteiger partial charge < -0.3 is 10.6 Å². The molecule has 0 aliphatic heterocycles. The van der Waals surface area contributed by atoms with E-state index < -0.39 is 16.6 Å². The largest absolute Gasteiger partial charge is 0.396 e. The first kappa shape index (κ1) is 12.6. The third-order valence-electron chi connectivity index (χ3n) is 1.99. The fourth-order valence-corrected chi connectivity index (χ4v) is 2.08. The first-order valence-corrected chi connectivity index (χ1v) is 5.87. The Morgan fingerprint density at radius 2 is 2.12 bits per heavy atom. The number of halogens is 1. The van der Waals surface area contributed by atoms with E-state index in [1.165, 1.54) is 17.0 Å². The van der Waals surface area contributed by atoms with Gasteiger partial charge in [-0.2, -0.15) is 0 Å². The predicted octanol–water partition coefficient (Wildman–Crippen LogP) is 0.604. The van der Waals surface area contributed by atoms with Crippen molar-refractivity contribution in [3.63, 3.8) is 0 Å². The van der Waals surface area contributed by atoms with Crippen LogP contribution >= 0.6 is 0 Å². The second kappa shape index (κ2) is 5.07. The van der Waals surface area contributed by atoms with Gasteiger partial charge in [-0.3, -0.25) is 9.00 Å². The van der Waals surface area contributed by atoms with E-state index in [1.807, 2.05) is 0 Å². The SMILES string of the molecule is CN(C)C(=O)CS(=O)c1ccc(N)c(F)c1. The predicted molar refractivity (Wildman–Crippen MR) is 60.8 cm³/mol. The summed E-state index contributed by atoms with van der Waals surface area (Å²) in [6, 6.07) is 3.88. The van der Waals surface area contributed by atoms with Crippen molar-refractivity contribution in [3.8, 4) is 0 Å². The highest BCUT2D eigenvalue weighted by Gasteiger charge is 2.13. The van der Waals surface area contributed by atoms with Gasteiger partial charge >= 0.3 is 0 Å². The number of hydrogen-bond acceptors (Lipinski definition) is 3. The molecule has 1 rings (SSSR count). The monoisotopic (exact) mass is 244 g/mol. The Kier molecular flexibility index (Phi) is 4.00. The van der Waals surface area contributed by atoms with Crippen molar-refractivity contribution >= 4 is 22.4 Å². The van der Waals surface area contributed by atoms with E-state index in [2.05, 4.69) is 0 Å². The summed E-state index contributed by atoms with van der Waals surface area (Å²) in [6.45, 7) is 0. The van der Waals surface area contributed by atoms with Crippen molar-refractivity contribution < 1.29 is 13.4 Å². The molecule has 1 atom stereocenters. The molecule has 0 aliphatic carbocycles. The summed E-state index contributed by atoms with van der Waals surface area (Å²) >= 11 is 0. The molecule has 4 nitrogen and oxygen atoms in total. The normalized spacial score (nSPS) is 12.2. The molecule has 6 heteroatoms. The Bertz CT molecular complexity index is 435. The minimum atomic E-state index is -1.54. The van der Waals surface area contributed by atoms with Crippen molar-refractivity contribution in [3.05, 3.63) is 24.0 Å². The Morgan fingerprint density at radius 3 is 2.62 bits per heavy atom.